The van der Waals surface area contributed by atoms with E-state index in [2.05, 4.69) is 27.8 Å². The quantitative estimate of drug-likeness (QED) is 0.595. The molecular formula is C8H13N3S2. The third-order valence-corrected chi connectivity index (χ3v) is 4.24. The molecule has 1 heterocycles. The maximum Gasteiger partial charge on any atom is 0.208 e. The van der Waals surface area contributed by atoms with Gasteiger partial charge in [-0.05, 0) is 30.9 Å². The first-order valence-electron chi connectivity index (χ1n) is 4.37. The lowest BCUT2D eigenvalue weighted by Crippen LogP contribution is -2.05. The van der Waals surface area contributed by atoms with Gasteiger partial charge in [-0.15, -0.1) is 5.10 Å². The summed E-state index contributed by atoms with van der Waals surface area (Å²) >= 11 is 6.09. The number of H-pyrrole nitrogens is 1. The van der Waals surface area contributed by atoms with E-state index in [-0.39, 0.29) is 0 Å². The van der Waals surface area contributed by atoms with E-state index in [9.17, 15) is 0 Å². The predicted octanol–water partition coefficient (Wildman–Crippen LogP) is 1.92. The van der Waals surface area contributed by atoms with Crippen LogP contribution in [0, 0.1) is 12.3 Å². The van der Waals surface area contributed by atoms with E-state index in [1.165, 1.54) is 12.8 Å². The van der Waals surface area contributed by atoms with Gasteiger partial charge in [0.15, 0.2) is 0 Å². The van der Waals surface area contributed by atoms with Crippen molar-refractivity contribution >= 4 is 24.4 Å². The van der Waals surface area contributed by atoms with Gasteiger partial charge in [-0.1, -0.05) is 11.8 Å². The average molecular weight is 215 g/mol. The van der Waals surface area contributed by atoms with Crippen molar-refractivity contribution in [2.24, 2.45) is 5.41 Å². The number of rotatable bonds is 4. The molecule has 3 nitrogen and oxygen atoms in total. The first-order valence-corrected chi connectivity index (χ1v) is 5.99. The zero-order chi connectivity index (χ0) is 9.31. The van der Waals surface area contributed by atoms with Gasteiger partial charge in [-0.25, -0.2) is 4.98 Å². The van der Waals surface area contributed by atoms with Gasteiger partial charge in [0.1, 0.15) is 5.82 Å². The van der Waals surface area contributed by atoms with Gasteiger partial charge >= 0.3 is 0 Å². The largest absolute Gasteiger partial charge is 0.262 e. The molecule has 1 aromatic rings. The van der Waals surface area contributed by atoms with Crippen LogP contribution in [0.5, 0.6) is 0 Å². The van der Waals surface area contributed by atoms with Crippen molar-refractivity contribution in [2.45, 2.75) is 24.9 Å². The highest BCUT2D eigenvalue weighted by Gasteiger charge is 2.41. The zero-order valence-corrected chi connectivity index (χ0v) is 9.29. The molecular weight excluding hydrogens is 202 g/mol. The molecule has 0 bridgehead atoms. The molecule has 0 spiro atoms. The molecule has 1 aliphatic rings. The Kier molecular flexibility index (Phi) is 2.55. The average Bonchev–Trinajstić information content (AvgIpc) is 2.81. The first-order chi connectivity index (χ1) is 6.24. The van der Waals surface area contributed by atoms with Crippen LogP contribution < -0.4 is 0 Å². The topological polar surface area (TPSA) is 41.6 Å². The van der Waals surface area contributed by atoms with E-state index >= 15 is 0 Å². The summed E-state index contributed by atoms with van der Waals surface area (Å²) in [7, 11) is 0. The van der Waals surface area contributed by atoms with E-state index < -0.39 is 0 Å². The number of hydrogen-bond acceptors (Lipinski definition) is 4. The highest BCUT2D eigenvalue weighted by molar-refractivity contribution is 7.99. The summed E-state index contributed by atoms with van der Waals surface area (Å²) in [6.45, 7) is 1.92. The van der Waals surface area contributed by atoms with Crippen LogP contribution in [0.15, 0.2) is 5.16 Å². The molecule has 13 heavy (non-hydrogen) atoms. The Balaban J connectivity index is 1.86. The highest BCUT2D eigenvalue weighted by Crippen LogP contribution is 2.49. The smallest absolute Gasteiger partial charge is 0.208 e. The molecule has 0 aliphatic heterocycles. The molecule has 1 N–H and O–H groups in total. The van der Waals surface area contributed by atoms with Crippen LogP contribution in [0.3, 0.4) is 0 Å². The highest BCUT2D eigenvalue weighted by atomic mass is 32.2. The van der Waals surface area contributed by atoms with Crippen LogP contribution in [0.2, 0.25) is 0 Å². The van der Waals surface area contributed by atoms with Crippen LogP contribution in [0.1, 0.15) is 18.7 Å². The third-order valence-electron chi connectivity index (χ3n) is 2.38. The van der Waals surface area contributed by atoms with Crippen molar-refractivity contribution in [3.8, 4) is 0 Å². The second-order valence-corrected chi connectivity index (χ2v) is 4.91. The SMILES string of the molecule is Cc1nc(SCC2(CS)CC2)n[nH]1. The summed E-state index contributed by atoms with van der Waals surface area (Å²) in [6, 6.07) is 0. The van der Waals surface area contributed by atoms with Crippen molar-refractivity contribution in [3.63, 3.8) is 0 Å². The Morgan fingerprint density at radius 3 is 2.85 bits per heavy atom. The fraction of sp³-hybridized carbons (Fsp3) is 0.750. The van der Waals surface area contributed by atoms with Crippen molar-refractivity contribution < 1.29 is 0 Å². The molecule has 0 amide bonds. The van der Waals surface area contributed by atoms with E-state index in [0.717, 1.165) is 22.5 Å². The molecule has 0 radical (unpaired) electrons. The van der Waals surface area contributed by atoms with E-state index in [0.29, 0.717) is 5.41 Å². The van der Waals surface area contributed by atoms with Crippen LogP contribution in [-0.2, 0) is 0 Å². The van der Waals surface area contributed by atoms with Crippen LogP contribution in [-0.4, -0.2) is 26.7 Å². The molecule has 5 heteroatoms. The lowest BCUT2D eigenvalue weighted by atomic mass is 10.2. The number of nitrogens with zero attached hydrogens (tertiary/aromatic N) is 2. The maximum absolute atomic E-state index is 4.35. The van der Waals surface area contributed by atoms with Gasteiger partial charge in [0.05, 0.1) is 0 Å². The van der Waals surface area contributed by atoms with E-state index in [1.54, 1.807) is 11.8 Å². The summed E-state index contributed by atoms with van der Waals surface area (Å²) in [5, 5.41) is 7.79. The molecule has 1 fully saturated rings. The van der Waals surface area contributed by atoms with E-state index in [4.69, 9.17) is 0 Å². The maximum atomic E-state index is 4.35. The van der Waals surface area contributed by atoms with Gasteiger partial charge in [-0.2, -0.15) is 12.6 Å². The third kappa shape index (κ3) is 2.20. The van der Waals surface area contributed by atoms with Crippen molar-refractivity contribution in [1.82, 2.24) is 15.2 Å². The minimum atomic E-state index is 0.488. The monoisotopic (exact) mass is 215 g/mol. The van der Waals surface area contributed by atoms with Gasteiger partial charge in [0.25, 0.3) is 0 Å². The number of thiol groups is 1. The molecule has 0 atom stereocenters. The number of aryl methyl sites for hydroxylation is 1. The molecule has 0 aromatic carbocycles. The second kappa shape index (κ2) is 3.53. The van der Waals surface area contributed by atoms with Crippen LogP contribution in [0.25, 0.3) is 0 Å². The molecule has 0 saturated heterocycles. The fourth-order valence-electron chi connectivity index (χ4n) is 1.13. The molecule has 0 unspecified atom stereocenters. The zero-order valence-electron chi connectivity index (χ0n) is 7.58. The lowest BCUT2D eigenvalue weighted by Gasteiger charge is -2.07. The number of aromatic amines is 1. The number of thioether (sulfide) groups is 1. The van der Waals surface area contributed by atoms with Crippen molar-refractivity contribution in [2.75, 3.05) is 11.5 Å². The molecule has 2 rings (SSSR count). The van der Waals surface area contributed by atoms with Crippen LogP contribution >= 0.6 is 24.4 Å². The molecule has 1 aliphatic carbocycles. The summed E-state index contributed by atoms with van der Waals surface area (Å²) in [6.07, 6.45) is 2.62. The van der Waals surface area contributed by atoms with Gasteiger partial charge < -0.3 is 0 Å². The second-order valence-electron chi connectivity index (χ2n) is 3.65. The summed E-state index contributed by atoms with van der Waals surface area (Å²) in [5.41, 5.74) is 0.488. The molecule has 1 aromatic heterocycles. The van der Waals surface area contributed by atoms with Crippen molar-refractivity contribution in [3.05, 3.63) is 5.82 Å². The van der Waals surface area contributed by atoms with Gasteiger partial charge in [-0.3, -0.25) is 5.10 Å². The van der Waals surface area contributed by atoms with E-state index in [1.807, 2.05) is 6.92 Å². The molecule has 72 valence electrons. The minimum absolute atomic E-state index is 0.488. The predicted molar refractivity (Wildman–Crippen MR) is 57.4 cm³/mol. The Morgan fingerprint density at radius 2 is 2.38 bits per heavy atom. The Morgan fingerprint density at radius 1 is 1.62 bits per heavy atom. The summed E-state index contributed by atoms with van der Waals surface area (Å²) in [4.78, 5) is 4.25. The molecule has 1 saturated carbocycles. The Labute approximate surface area is 87.5 Å². The lowest BCUT2D eigenvalue weighted by molar-refractivity contribution is 0.681. The first kappa shape index (κ1) is 9.40. The van der Waals surface area contributed by atoms with Gasteiger partial charge in [0.2, 0.25) is 5.16 Å². The standard InChI is InChI=1S/C8H13N3S2/c1-6-9-7(11-10-6)13-5-8(4-12)2-3-8/h12H,2-5H2,1H3,(H,9,10,11). The summed E-state index contributed by atoms with van der Waals surface area (Å²) in [5.74, 6) is 2.98. The minimum Gasteiger partial charge on any atom is -0.262 e. The Hall–Kier alpha value is -0.160. The number of aromatic nitrogens is 3. The van der Waals surface area contributed by atoms with Crippen molar-refractivity contribution in [1.29, 1.82) is 0 Å². The Bertz CT molecular complexity index is 293. The van der Waals surface area contributed by atoms with Gasteiger partial charge in [0, 0.05) is 5.75 Å². The number of nitrogens with one attached hydrogen (secondary N) is 1. The van der Waals surface area contributed by atoms with Crippen LogP contribution in [0.4, 0.5) is 0 Å². The normalized spacial score (nSPS) is 18.9. The fourth-order valence-corrected chi connectivity index (χ4v) is 2.85. The summed E-state index contributed by atoms with van der Waals surface area (Å²) < 4.78 is 0. The number of hydrogen-bond donors (Lipinski definition) is 2.